The van der Waals surface area contributed by atoms with Gasteiger partial charge in [0, 0.05) is 6.92 Å². The van der Waals surface area contributed by atoms with Crippen LogP contribution in [0.1, 0.15) is 6.92 Å². The molecule has 1 fully saturated rings. The van der Waals surface area contributed by atoms with Crippen LogP contribution in [0.4, 0.5) is 0 Å². The first-order chi connectivity index (χ1) is 10.4. The zero-order valence-corrected chi connectivity index (χ0v) is 12.6. The summed E-state index contributed by atoms with van der Waals surface area (Å²) in [6.45, 7) is 0.761. The molecule has 8 heteroatoms. The Morgan fingerprint density at radius 1 is 1.36 bits per heavy atom. The van der Waals surface area contributed by atoms with Gasteiger partial charge in [0.15, 0.2) is 0 Å². The second-order valence-electron chi connectivity index (χ2n) is 4.98. The lowest BCUT2D eigenvalue weighted by molar-refractivity contribution is -0.244. The fraction of sp³-hybridized carbons (Fsp3) is 0.500. The Hall–Kier alpha value is -1.38. The van der Waals surface area contributed by atoms with Gasteiger partial charge in [-0.15, -0.1) is 0 Å². The van der Waals surface area contributed by atoms with E-state index in [4.69, 9.17) is 21.1 Å². The highest BCUT2D eigenvalue weighted by Crippen LogP contribution is 2.28. The van der Waals surface area contributed by atoms with Crippen molar-refractivity contribution in [1.82, 2.24) is 5.32 Å². The van der Waals surface area contributed by atoms with Crippen molar-refractivity contribution in [3.8, 4) is 5.75 Å². The van der Waals surface area contributed by atoms with Gasteiger partial charge in [0.1, 0.15) is 30.1 Å². The third-order valence-corrected chi connectivity index (χ3v) is 3.64. The molecule has 7 nitrogen and oxygen atoms in total. The van der Waals surface area contributed by atoms with Crippen LogP contribution >= 0.6 is 11.6 Å². The lowest BCUT2D eigenvalue weighted by Gasteiger charge is -2.42. The number of nitrogens with one attached hydrogen (secondary N) is 1. The molecule has 1 aromatic rings. The maximum Gasteiger partial charge on any atom is 0.223 e. The van der Waals surface area contributed by atoms with Gasteiger partial charge in [-0.3, -0.25) is 4.79 Å². The zero-order valence-electron chi connectivity index (χ0n) is 11.8. The van der Waals surface area contributed by atoms with E-state index in [2.05, 4.69) is 5.32 Å². The minimum Gasteiger partial charge on any atom is -0.461 e. The summed E-state index contributed by atoms with van der Waals surface area (Å²) in [6, 6.07) is 5.62. The summed E-state index contributed by atoms with van der Waals surface area (Å²) in [7, 11) is 0. The predicted octanol–water partition coefficient (Wildman–Crippen LogP) is -0.338. The number of carbonyl (C=O) groups is 1. The number of para-hydroxylation sites is 1. The Morgan fingerprint density at radius 3 is 2.64 bits per heavy atom. The zero-order chi connectivity index (χ0) is 16.3. The van der Waals surface area contributed by atoms with Crippen LogP contribution in [0, 0.1) is 0 Å². The van der Waals surface area contributed by atoms with Gasteiger partial charge in [-0.25, -0.2) is 0 Å². The van der Waals surface area contributed by atoms with E-state index in [-0.39, 0.29) is 0 Å². The molecule has 1 heterocycles. The number of aliphatic hydroxyl groups excluding tert-OH is 3. The van der Waals surface area contributed by atoms with Gasteiger partial charge in [-0.05, 0) is 12.1 Å². The molecule has 4 N–H and O–H groups in total. The Bertz CT molecular complexity index is 528. The summed E-state index contributed by atoms with van der Waals surface area (Å²) in [4.78, 5) is 11.3. The van der Waals surface area contributed by atoms with E-state index in [1.54, 1.807) is 24.3 Å². The van der Waals surface area contributed by atoms with Crippen LogP contribution in [0.5, 0.6) is 5.75 Å². The Kier molecular flexibility index (Phi) is 5.60. The number of amides is 1. The van der Waals surface area contributed by atoms with E-state index in [0.717, 1.165) is 0 Å². The Labute approximate surface area is 132 Å². The molecule has 0 radical (unpaired) electrons. The molecule has 0 saturated carbocycles. The molecule has 0 unspecified atom stereocenters. The highest BCUT2D eigenvalue weighted by atomic mass is 35.5. The first-order valence-corrected chi connectivity index (χ1v) is 7.12. The van der Waals surface area contributed by atoms with E-state index < -0.39 is 43.2 Å². The third-order valence-electron chi connectivity index (χ3n) is 3.33. The van der Waals surface area contributed by atoms with Gasteiger partial charge in [-0.1, -0.05) is 23.7 Å². The van der Waals surface area contributed by atoms with Crippen molar-refractivity contribution in [2.24, 2.45) is 0 Å². The van der Waals surface area contributed by atoms with E-state index >= 15 is 0 Å². The molecule has 0 bridgehead atoms. The van der Waals surface area contributed by atoms with Crippen LogP contribution in [0.15, 0.2) is 24.3 Å². The Balaban J connectivity index is 2.23. The second-order valence-corrected chi connectivity index (χ2v) is 5.39. The fourth-order valence-corrected chi connectivity index (χ4v) is 2.42. The average Bonchev–Trinajstić information content (AvgIpc) is 2.48. The highest BCUT2D eigenvalue weighted by Gasteiger charge is 2.46. The average molecular weight is 332 g/mol. The van der Waals surface area contributed by atoms with Gasteiger partial charge in [0.25, 0.3) is 0 Å². The van der Waals surface area contributed by atoms with Crippen LogP contribution in [-0.2, 0) is 9.53 Å². The third kappa shape index (κ3) is 3.68. The largest absolute Gasteiger partial charge is 0.461 e. The van der Waals surface area contributed by atoms with Crippen molar-refractivity contribution in [2.75, 3.05) is 6.61 Å². The molecule has 5 atom stereocenters. The molecule has 0 spiro atoms. The summed E-state index contributed by atoms with van der Waals surface area (Å²) < 4.78 is 11.0. The summed E-state index contributed by atoms with van der Waals surface area (Å²) in [5.41, 5.74) is 0. The molecule has 1 amide bonds. The van der Waals surface area contributed by atoms with Gasteiger partial charge >= 0.3 is 0 Å². The molecule has 2 rings (SSSR count). The number of hydrogen-bond acceptors (Lipinski definition) is 6. The molecule has 1 saturated heterocycles. The van der Waals surface area contributed by atoms with Gasteiger partial charge in [0.05, 0.1) is 11.6 Å². The van der Waals surface area contributed by atoms with Crippen molar-refractivity contribution in [2.45, 2.75) is 37.6 Å². The second kappa shape index (κ2) is 7.26. The van der Waals surface area contributed by atoms with Gasteiger partial charge in [0.2, 0.25) is 12.2 Å². The maximum atomic E-state index is 11.3. The molecule has 1 aliphatic heterocycles. The van der Waals surface area contributed by atoms with Crippen LogP contribution in [0.3, 0.4) is 0 Å². The molecule has 22 heavy (non-hydrogen) atoms. The number of hydrogen-bond donors (Lipinski definition) is 4. The fourth-order valence-electron chi connectivity index (χ4n) is 2.24. The van der Waals surface area contributed by atoms with E-state index in [9.17, 15) is 20.1 Å². The Morgan fingerprint density at radius 2 is 2.05 bits per heavy atom. The smallest absolute Gasteiger partial charge is 0.223 e. The van der Waals surface area contributed by atoms with Crippen molar-refractivity contribution in [3.05, 3.63) is 29.3 Å². The number of benzene rings is 1. The summed E-state index contributed by atoms with van der Waals surface area (Å²) in [5.74, 6) is -0.125. The standard InChI is InChI=1S/C14H18ClNO6/c1-7(18)16-11-13(20)12(19)10(6-17)22-14(11)21-9-5-3-2-4-8(9)15/h2-5,10-14,17,19-20H,6H2,1H3,(H,16,18)/t10-,11+,12-,13-,14+/m0/s1. The SMILES string of the molecule is CC(=O)N[C@H]1[C@H](Oc2ccccc2Cl)O[C@@H](CO)[C@H](O)[C@H]1O. The van der Waals surface area contributed by atoms with E-state index in [1.807, 2.05) is 0 Å². The van der Waals surface area contributed by atoms with Crippen molar-refractivity contribution < 1.29 is 29.6 Å². The van der Waals surface area contributed by atoms with Crippen LogP contribution in [-0.4, -0.2) is 58.5 Å². The highest BCUT2D eigenvalue weighted by molar-refractivity contribution is 6.32. The molecular formula is C14H18ClNO6. The molecule has 1 aromatic carbocycles. The lowest BCUT2D eigenvalue weighted by atomic mass is 9.97. The van der Waals surface area contributed by atoms with Crippen LogP contribution in [0.2, 0.25) is 5.02 Å². The van der Waals surface area contributed by atoms with Crippen LogP contribution in [0.25, 0.3) is 0 Å². The first-order valence-electron chi connectivity index (χ1n) is 6.74. The molecule has 0 aliphatic carbocycles. The number of carbonyl (C=O) groups excluding carboxylic acids is 1. The van der Waals surface area contributed by atoms with E-state index in [1.165, 1.54) is 6.92 Å². The lowest BCUT2D eigenvalue weighted by Crippen LogP contribution is -2.65. The summed E-state index contributed by atoms with van der Waals surface area (Å²) >= 11 is 6.00. The number of rotatable bonds is 4. The predicted molar refractivity (Wildman–Crippen MR) is 77.4 cm³/mol. The minimum absolute atomic E-state index is 0.296. The molecule has 1 aliphatic rings. The number of aliphatic hydroxyl groups is 3. The number of halogens is 1. The van der Waals surface area contributed by atoms with Crippen LogP contribution < -0.4 is 10.1 Å². The van der Waals surface area contributed by atoms with Crippen molar-refractivity contribution in [1.29, 1.82) is 0 Å². The summed E-state index contributed by atoms with van der Waals surface area (Å²) in [5, 5.41) is 32.0. The first kappa shape index (κ1) is 17.0. The number of ether oxygens (including phenoxy) is 2. The van der Waals surface area contributed by atoms with Gasteiger partial charge in [-0.2, -0.15) is 0 Å². The maximum absolute atomic E-state index is 11.3. The minimum atomic E-state index is -1.36. The van der Waals surface area contributed by atoms with E-state index in [0.29, 0.717) is 10.8 Å². The molecule has 122 valence electrons. The monoisotopic (exact) mass is 331 g/mol. The molecular weight excluding hydrogens is 314 g/mol. The normalized spacial score (nSPS) is 31.6. The van der Waals surface area contributed by atoms with Crippen molar-refractivity contribution in [3.63, 3.8) is 0 Å². The summed E-state index contributed by atoms with van der Waals surface area (Å²) in [6.07, 6.45) is -4.86. The topological polar surface area (TPSA) is 108 Å². The van der Waals surface area contributed by atoms with Crippen molar-refractivity contribution >= 4 is 17.5 Å². The quantitative estimate of drug-likeness (QED) is 0.601. The molecule has 0 aromatic heterocycles. The van der Waals surface area contributed by atoms with Gasteiger partial charge < -0.3 is 30.1 Å².